The average Bonchev–Trinajstić information content (AvgIpc) is 2.37. The van der Waals surface area contributed by atoms with Crippen LogP contribution in [0.3, 0.4) is 0 Å². The molecule has 0 saturated carbocycles. The van der Waals surface area contributed by atoms with Gasteiger partial charge >= 0.3 is 5.69 Å². The number of nitro benzene ring substituents is 1. The predicted octanol–water partition coefficient (Wildman–Crippen LogP) is 2.70. The molecule has 1 aliphatic rings. The highest BCUT2D eigenvalue weighted by molar-refractivity contribution is 5.85. The number of piperidine rings is 1. The van der Waals surface area contributed by atoms with Gasteiger partial charge in [0.15, 0.2) is 5.75 Å². The van der Waals surface area contributed by atoms with Gasteiger partial charge in [0, 0.05) is 5.56 Å². The zero-order valence-electron chi connectivity index (χ0n) is 10.9. The molecule has 1 fully saturated rings. The minimum absolute atomic E-state index is 0. The maximum Gasteiger partial charge on any atom is 0.313 e. The standard InChI is InChI=1S/C13H18N2O3.ClH/c1-10-3-2-4-12(13(10)15(16)17)18-9-11-5-7-14-8-6-11;/h2-4,11,14H,5-9H2,1H3;1H. The molecular formula is C13H19ClN2O3. The number of benzene rings is 1. The second-order valence-electron chi connectivity index (χ2n) is 4.68. The SMILES string of the molecule is Cc1cccc(OCC2CCNCC2)c1[N+](=O)[O-].Cl. The van der Waals surface area contributed by atoms with Crippen LogP contribution in [0.1, 0.15) is 18.4 Å². The van der Waals surface area contributed by atoms with Crippen LogP contribution in [0.15, 0.2) is 18.2 Å². The second-order valence-corrected chi connectivity index (χ2v) is 4.68. The first kappa shape index (κ1) is 15.7. The van der Waals surface area contributed by atoms with Gasteiger partial charge in [-0.2, -0.15) is 0 Å². The Balaban J connectivity index is 0.00000180. The van der Waals surface area contributed by atoms with E-state index in [2.05, 4.69) is 5.32 Å². The summed E-state index contributed by atoms with van der Waals surface area (Å²) < 4.78 is 5.65. The third-order valence-corrected chi connectivity index (χ3v) is 3.32. The summed E-state index contributed by atoms with van der Waals surface area (Å²) in [5, 5.41) is 14.3. The molecule has 19 heavy (non-hydrogen) atoms. The Morgan fingerprint density at radius 3 is 2.74 bits per heavy atom. The first-order valence-electron chi connectivity index (χ1n) is 6.26. The van der Waals surface area contributed by atoms with Gasteiger partial charge in [0.05, 0.1) is 11.5 Å². The van der Waals surface area contributed by atoms with E-state index in [1.807, 2.05) is 0 Å². The van der Waals surface area contributed by atoms with Crippen molar-refractivity contribution < 1.29 is 9.66 Å². The van der Waals surface area contributed by atoms with Crippen LogP contribution in [0.4, 0.5) is 5.69 Å². The molecule has 0 radical (unpaired) electrons. The molecule has 0 bridgehead atoms. The fraction of sp³-hybridized carbons (Fsp3) is 0.538. The molecule has 0 aliphatic carbocycles. The number of hydrogen-bond acceptors (Lipinski definition) is 4. The molecule has 1 saturated heterocycles. The smallest absolute Gasteiger partial charge is 0.313 e. The van der Waals surface area contributed by atoms with E-state index in [9.17, 15) is 10.1 Å². The summed E-state index contributed by atoms with van der Waals surface area (Å²) >= 11 is 0. The summed E-state index contributed by atoms with van der Waals surface area (Å²) in [6, 6.07) is 5.20. The zero-order valence-corrected chi connectivity index (χ0v) is 11.7. The Hall–Kier alpha value is -1.33. The van der Waals surface area contributed by atoms with Crippen LogP contribution in [-0.4, -0.2) is 24.6 Å². The molecular weight excluding hydrogens is 268 g/mol. The maximum absolute atomic E-state index is 11.0. The highest BCUT2D eigenvalue weighted by Gasteiger charge is 2.20. The van der Waals surface area contributed by atoms with Crippen LogP contribution < -0.4 is 10.1 Å². The molecule has 1 heterocycles. The number of halogens is 1. The fourth-order valence-corrected chi connectivity index (χ4v) is 2.24. The third kappa shape index (κ3) is 4.08. The van der Waals surface area contributed by atoms with Crippen molar-refractivity contribution in [2.75, 3.05) is 19.7 Å². The summed E-state index contributed by atoms with van der Waals surface area (Å²) in [5.74, 6) is 0.880. The van der Waals surface area contributed by atoms with Crippen molar-refractivity contribution in [1.29, 1.82) is 0 Å². The van der Waals surface area contributed by atoms with Crippen LogP contribution in [0.2, 0.25) is 0 Å². The average molecular weight is 287 g/mol. The lowest BCUT2D eigenvalue weighted by Crippen LogP contribution is -2.30. The molecule has 6 heteroatoms. The van der Waals surface area contributed by atoms with Gasteiger partial charge in [-0.3, -0.25) is 10.1 Å². The molecule has 0 amide bonds. The number of nitro groups is 1. The van der Waals surface area contributed by atoms with Crippen molar-refractivity contribution in [3.05, 3.63) is 33.9 Å². The fourth-order valence-electron chi connectivity index (χ4n) is 2.24. The topological polar surface area (TPSA) is 64.4 Å². The summed E-state index contributed by atoms with van der Waals surface area (Å²) in [6.07, 6.45) is 2.14. The molecule has 5 nitrogen and oxygen atoms in total. The van der Waals surface area contributed by atoms with Crippen molar-refractivity contribution in [1.82, 2.24) is 5.32 Å². The van der Waals surface area contributed by atoms with E-state index in [0.29, 0.717) is 23.8 Å². The van der Waals surface area contributed by atoms with E-state index in [1.165, 1.54) is 0 Å². The van der Waals surface area contributed by atoms with Gasteiger partial charge in [0.2, 0.25) is 0 Å². The van der Waals surface area contributed by atoms with Gasteiger partial charge in [0.25, 0.3) is 0 Å². The molecule has 1 aromatic rings. The van der Waals surface area contributed by atoms with E-state index in [0.717, 1.165) is 25.9 Å². The Morgan fingerprint density at radius 1 is 1.42 bits per heavy atom. The summed E-state index contributed by atoms with van der Waals surface area (Å²) in [6.45, 7) is 4.30. The maximum atomic E-state index is 11.0. The van der Waals surface area contributed by atoms with Gasteiger partial charge in [0.1, 0.15) is 0 Å². The number of ether oxygens (including phenoxy) is 1. The lowest BCUT2D eigenvalue weighted by Gasteiger charge is -2.22. The normalized spacial score (nSPS) is 15.6. The van der Waals surface area contributed by atoms with Crippen LogP contribution in [-0.2, 0) is 0 Å². The van der Waals surface area contributed by atoms with Gasteiger partial charge in [-0.05, 0) is 44.8 Å². The number of para-hydroxylation sites is 1. The van der Waals surface area contributed by atoms with Crippen molar-refractivity contribution in [2.24, 2.45) is 5.92 Å². The molecule has 1 aliphatic heterocycles. The van der Waals surface area contributed by atoms with E-state index in [1.54, 1.807) is 25.1 Å². The third-order valence-electron chi connectivity index (χ3n) is 3.32. The minimum atomic E-state index is -0.368. The zero-order chi connectivity index (χ0) is 13.0. The highest BCUT2D eigenvalue weighted by atomic mass is 35.5. The minimum Gasteiger partial charge on any atom is -0.487 e. The van der Waals surface area contributed by atoms with Crippen LogP contribution in [0.5, 0.6) is 5.75 Å². The molecule has 1 aromatic carbocycles. The Bertz CT molecular complexity index is 434. The number of rotatable bonds is 4. The predicted molar refractivity (Wildman–Crippen MR) is 76.2 cm³/mol. The van der Waals surface area contributed by atoms with Crippen molar-refractivity contribution >= 4 is 18.1 Å². The van der Waals surface area contributed by atoms with Gasteiger partial charge in [-0.25, -0.2) is 0 Å². The van der Waals surface area contributed by atoms with E-state index in [4.69, 9.17) is 4.74 Å². The van der Waals surface area contributed by atoms with Crippen molar-refractivity contribution in [2.45, 2.75) is 19.8 Å². The van der Waals surface area contributed by atoms with Crippen LogP contribution >= 0.6 is 12.4 Å². The highest BCUT2D eigenvalue weighted by Crippen LogP contribution is 2.30. The summed E-state index contributed by atoms with van der Waals surface area (Å²) in [4.78, 5) is 10.6. The van der Waals surface area contributed by atoms with Gasteiger partial charge < -0.3 is 10.1 Å². The monoisotopic (exact) mass is 286 g/mol. The molecule has 0 unspecified atom stereocenters. The summed E-state index contributed by atoms with van der Waals surface area (Å²) in [5.41, 5.74) is 0.731. The Morgan fingerprint density at radius 2 is 2.11 bits per heavy atom. The summed E-state index contributed by atoms with van der Waals surface area (Å²) in [7, 11) is 0. The van der Waals surface area contributed by atoms with Crippen LogP contribution in [0, 0.1) is 23.0 Å². The number of hydrogen-bond donors (Lipinski definition) is 1. The molecule has 0 aromatic heterocycles. The molecule has 2 rings (SSSR count). The van der Waals surface area contributed by atoms with Crippen molar-refractivity contribution in [3.8, 4) is 5.75 Å². The molecule has 106 valence electrons. The molecule has 1 N–H and O–H groups in total. The van der Waals surface area contributed by atoms with E-state index >= 15 is 0 Å². The van der Waals surface area contributed by atoms with E-state index in [-0.39, 0.29) is 23.0 Å². The van der Waals surface area contributed by atoms with Gasteiger partial charge in [-0.15, -0.1) is 12.4 Å². The quantitative estimate of drug-likeness (QED) is 0.683. The largest absolute Gasteiger partial charge is 0.487 e. The molecule has 0 atom stereocenters. The number of nitrogens with zero attached hydrogens (tertiary/aromatic N) is 1. The lowest BCUT2D eigenvalue weighted by molar-refractivity contribution is -0.386. The lowest BCUT2D eigenvalue weighted by atomic mass is 9.99. The van der Waals surface area contributed by atoms with Crippen LogP contribution in [0.25, 0.3) is 0 Å². The van der Waals surface area contributed by atoms with Gasteiger partial charge in [-0.1, -0.05) is 12.1 Å². The van der Waals surface area contributed by atoms with Crippen molar-refractivity contribution in [3.63, 3.8) is 0 Å². The first-order valence-corrected chi connectivity index (χ1v) is 6.26. The van der Waals surface area contributed by atoms with E-state index < -0.39 is 0 Å². The molecule has 0 spiro atoms. The Labute approximate surface area is 118 Å². The first-order chi connectivity index (χ1) is 8.68. The second kappa shape index (κ2) is 7.31. The number of aryl methyl sites for hydroxylation is 1. The number of nitrogens with one attached hydrogen (secondary N) is 1. The Kier molecular flexibility index (Phi) is 6.05.